The first-order valence-electron chi connectivity index (χ1n) is 14.6. The van der Waals surface area contributed by atoms with E-state index in [4.69, 9.17) is 23.7 Å². The average molecular weight is 643 g/mol. The number of esters is 2. The monoisotopic (exact) mass is 642 g/mol. The molecule has 0 saturated heterocycles. The van der Waals surface area contributed by atoms with E-state index < -0.39 is 18.0 Å². The number of rotatable bonds is 10. The van der Waals surface area contributed by atoms with Gasteiger partial charge in [0.15, 0.2) is 16.3 Å². The Kier molecular flexibility index (Phi) is 9.72. The Bertz CT molecular complexity index is 1970. The highest BCUT2D eigenvalue weighted by atomic mass is 32.1. The van der Waals surface area contributed by atoms with Gasteiger partial charge in [-0.25, -0.2) is 14.6 Å². The maximum absolute atomic E-state index is 14.0. The van der Waals surface area contributed by atoms with E-state index in [0.29, 0.717) is 54.7 Å². The second kappa shape index (κ2) is 13.9. The van der Waals surface area contributed by atoms with Crippen LogP contribution in [0.15, 0.2) is 87.8 Å². The summed E-state index contributed by atoms with van der Waals surface area (Å²) >= 11 is 1.21. The Balaban J connectivity index is 1.51. The van der Waals surface area contributed by atoms with Crippen molar-refractivity contribution >= 4 is 29.4 Å². The van der Waals surface area contributed by atoms with Gasteiger partial charge in [0, 0.05) is 0 Å². The Morgan fingerprint density at radius 2 is 1.63 bits per heavy atom. The highest BCUT2D eigenvalue weighted by Gasteiger charge is 2.34. The summed E-state index contributed by atoms with van der Waals surface area (Å²) in [5.74, 6) is 0.956. The van der Waals surface area contributed by atoms with E-state index in [9.17, 15) is 14.4 Å². The molecule has 1 aliphatic rings. The molecular weight excluding hydrogens is 608 g/mol. The van der Waals surface area contributed by atoms with E-state index in [-0.39, 0.29) is 23.8 Å². The average Bonchev–Trinajstić information content (AvgIpc) is 3.34. The van der Waals surface area contributed by atoms with Gasteiger partial charge in [-0.2, -0.15) is 0 Å². The maximum atomic E-state index is 14.0. The van der Waals surface area contributed by atoms with Crippen LogP contribution in [0.3, 0.4) is 0 Å². The molecular formula is C35H34N2O8S. The Morgan fingerprint density at radius 3 is 2.26 bits per heavy atom. The van der Waals surface area contributed by atoms with Crippen LogP contribution in [0.5, 0.6) is 23.0 Å². The predicted octanol–water partition coefficient (Wildman–Crippen LogP) is 4.82. The van der Waals surface area contributed by atoms with Gasteiger partial charge >= 0.3 is 11.9 Å². The number of ether oxygens (including phenoxy) is 5. The highest BCUT2D eigenvalue weighted by molar-refractivity contribution is 7.07. The highest BCUT2D eigenvalue weighted by Crippen LogP contribution is 2.36. The number of thiazole rings is 1. The van der Waals surface area contributed by atoms with Crippen LogP contribution in [-0.2, 0) is 9.53 Å². The molecule has 0 aliphatic carbocycles. The van der Waals surface area contributed by atoms with Crippen LogP contribution in [0.2, 0.25) is 0 Å². The summed E-state index contributed by atoms with van der Waals surface area (Å²) in [5.41, 5.74) is 2.15. The van der Waals surface area contributed by atoms with Crippen molar-refractivity contribution in [3.63, 3.8) is 0 Å². The number of hydrogen-bond donors (Lipinski definition) is 0. The van der Waals surface area contributed by atoms with Gasteiger partial charge in [0.25, 0.3) is 5.56 Å². The Labute approximate surface area is 269 Å². The molecule has 0 radical (unpaired) electrons. The molecule has 1 aromatic heterocycles. The molecule has 0 spiro atoms. The van der Waals surface area contributed by atoms with Gasteiger partial charge in [0.1, 0.15) is 11.5 Å². The van der Waals surface area contributed by atoms with Crippen molar-refractivity contribution in [3.05, 3.63) is 114 Å². The van der Waals surface area contributed by atoms with Crippen LogP contribution in [0.4, 0.5) is 0 Å². The van der Waals surface area contributed by atoms with E-state index in [0.717, 1.165) is 0 Å². The summed E-state index contributed by atoms with van der Waals surface area (Å²) < 4.78 is 29.5. The van der Waals surface area contributed by atoms with Crippen molar-refractivity contribution < 1.29 is 33.3 Å². The van der Waals surface area contributed by atoms with Crippen molar-refractivity contribution in [3.8, 4) is 23.0 Å². The van der Waals surface area contributed by atoms with Crippen LogP contribution in [-0.4, -0.2) is 43.4 Å². The van der Waals surface area contributed by atoms with Gasteiger partial charge in [-0.05, 0) is 93.4 Å². The lowest BCUT2D eigenvalue weighted by molar-refractivity contribution is -0.139. The second-order valence-corrected chi connectivity index (χ2v) is 11.6. The van der Waals surface area contributed by atoms with Gasteiger partial charge in [-0.15, -0.1) is 0 Å². The molecule has 4 aromatic rings. The van der Waals surface area contributed by atoms with E-state index >= 15 is 0 Å². The normalized spacial score (nSPS) is 14.4. The quantitative estimate of drug-likeness (QED) is 0.179. The van der Waals surface area contributed by atoms with Crippen molar-refractivity contribution in [1.82, 2.24) is 4.57 Å². The number of hydrogen-bond acceptors (Lipinski definition) is 10. The molecule has 0 amide bonds. The first-order valence-corrected chi connectivity index (χ1v) is 15.5. The summed E-state index contributed by atoms with van der Waals surface area (Å²) in [6.45, 7) is 7.46. The fourth-order valence-electron chi connectivity index (χ4n) is 4.99. The molecule has 10 nitrogen and oxygen atoms in total. The number of carbonyl (C=O) groups is 2. The molecule has 1 aliphatic heterocycles. The molecule has 1 atom stereocenters. The third kappa shape index (κ3) is 6.74. The van der Waals surface area contributed by atoms with Gasteiger partial charge in [0.05, 0.1) is 54.3 Å². The van der Waals surface area contributed by atoms with Crippen LogP contribution in [0, 0.1) is 0 Å². The van der Waals surface area contributed by atoms with Crippen LogP contribution < -0.4 is 33.8 Å². The molecule has 2 heterocycles. The van der Waals surface area contributed by atoms with Crippen LogP contribution in [0.25, 0.3) is 6.08 Å². The molecule has 46 heavy (non-hydrogen) atoms. The van der Waals surface area contributed by atoms with Gasteiger partial charge < -0.3 is 23.7 Å². The molecule has 0 saturated carbocycles. The zero-order valence-corrected chi connectivity index (χ0v) is 27.2. The number of benzene rings is 3. The third-order valence-electron chi connectivity index (χ3n) is 7.10. The van der Waals surface area contributed by atoms with E-state index in [2.05, 4.69) is 4.99 Å². The second-order valence-electron chi connectivity index (χ2n) is 10.6. The standard InChI is InChI=1S/C35H34N2O8S/c1-7-43-34(40)30-21(4)36-35-37(31(30)24-12-17-27(44-20(2)3)28(19-24)42-6)32(38)29(46-35)18-22-8-13-26(14-9-22)45-33(39)23-10-15-25(41-5)16-11-23/h8-20,31H,7H2,1-6H3/b29-18+/t31-/m1/s1. The molecule has 238 valence electrons. The predicted molar refractivity (Wildman–Crippen MR) is 174 cm³/mol. The topological polar surface area (TPSA) is 115 Å². The fraction of sp³-hybridized carbons (Fsp3) is 0.257. The number of allylic oxidation sites excluding steroid dienone is 1. The zero-order chi connectivity index (χ0) is 33.0. The Morgan fingerprint density at radius 1 is 0.935 bits per heavy atom. The summed E-state index contributed by atoms with van der Waals surface area (Å²) in [5, 5.41) is 0. The summed E-state index contributed by atoms with van der Waals surface area (Å²) in [6.07, 6.45) is 1.66. The number of aromatic nitrogens is 1. The molecule has 11 heteroatoms. The first kappa shape index (κ1) is 32.2. The lowest BCUT2D eigenvalue weighted by atomic mass is 9.95. The molecule has 0 unspecified atom stereocenters. The SMILES string of the molecule is CCOC(=O)C1=C(C)N=c2s/c(=C/c3ccc(OC(=O)c4ccc(OC)cc4)cc3)c(=O)n2[C@@H]1c1ccc(OC(C)C)c(OC)c1. The maximum Gasteiger partial charge on any atom is 0.343 e. The van der Waals surface area contributed by atoms with E-state index in [1.54, 1.807) is 87.7 Å². The molecule has 0 bridgehead atoms. The van der Waals surface area contributed by atoms with E-state index in [1.165, 1.54) is 23.0 Å². The fourth-order valence-corrected chi connectivity index (χ4v) is 6.04. The van der Waals surface area contributed by atoms with Crippen molar-refractivity contribution in [2.75, 3.05) is 20.8 Å². The first-order chi connectivity index (χ1) is 22.1. The van der Waals surface area contributed by atoms with Crippen LogP contribution in [0.1, 0.15) is 55.2 Å². The summed E-state index contributed by atoms with van der Waals surface area (Å²) in [7, 11) is 3.09. The van der Waals surface area contributed by atoms with E-state index in [1.807, 2.05) is 19.9 Å². The molecule has 5 rings (SSSR count). The minimum atomic E-state index is -0.806. The van der Waals surface area contributed by atoms with Crippen LogP contribution >= 0.6 is 11.3 Å². The number of methoxy groups -OCH3 is 2. The minimum Gasteiger partial charge on any atom is -0.497 e. The Hall–Kier alpha value is -5.16. The minimum absolute atomic E-state index is 0.0794. The summed E-state index contributed by atoms with van der Waals surface area (Å²) in [6, 6.07) is 18.0. The number of carbonyl (C=O) groups excluding carboxylic acids is 2. The largest absolute Gasteiger partial charge is 0.497 e. The van der Waals surface area contributed by atoms with Crippen molar-refractivity contribution in [2.24, 2.45) is 4.99 Å². The smallest absolute Gasteiger partial charge is 0.343 e. The van der Waals surface area contributed by atoms with Crippen molar-refractivity contribution in [2.45, 2.75) is 39.8 Å². The van der Waals surface area contributed by atoms with Gasteiger partial charge in [-0.1, -0.05) is 29.5 Å². The molecule has 0 fully saturated rings. The third-order valence-corrected chi connectivity index (χ3v) is 8.08. The van der Waals surface area contributed by atoms with Crippen molar-refractivity contribution in [1.29, 1.82) is 0 Å². The lowest BCUT2D eigenvalue weighted by Gasteiger charge is -2.25. The number of nitrogens with zero attached hydrogens (tertiary/aromatic N) is 2. The summed E-state index contributed by atoms with van der Waals surface area (Å²) in [4.78, 5) is 44.9. The van der Waals surface area contributed by atoms with Gasteiger partial charge in [0.2, 0.25) is 0 Å². The molecule has 3 aromatic carbocycles. The van der Waals surface area contributed by atoms with Gasteiger partial charge in [-0.3, -0.25) is 9.36 Å². The zero-order valence-electron chi connectivity index (χ0n) is 26.4. The lowest BCUT2D eigenvalue weighted by Crippen LogP contribution is -2.40. The number of fused-ring (bicyclic) bond motifs is 1. The molecule has 0 N–H and O–H groups in total.